The van der Waals surface area contributed by atoms with E-state index in [1.54, 1.807) is 0 Å². The molecular formula is C68H58BN3. The van der Waals surface area contributed by atoms with Gasteiger partial charge < -0.3 is 14.7 Å². The largest absolute Gasteiger partial charge is 0.335 e. The lowest BCUT2D eigenvalue weighted by molar-refractivity contribution is 0.214. The molecule has 72 heavy (non-hydrogen) atoms. The summed E-state index contributed by atoms with van der Waals surface area (Å²) in [5.41, 5.74) is 23.3. The minimum Gasteiger partial charge on any atom is -0.335 e. The highest BCUT2D eigenvalue weighted by Gasteiger charge is 2.65. The number of anilines is 7. The van der Waals surface area contributed by atoms with Crippen molar-refractivity contribution >= 4 is 62.9 Å². The zero-order chi connectivity index (χ0) is 47.8. The average Bonchev–Trinajstić information content (AvgIpc) is 3.84. The van der Waals surface area contributed by atoms with Gasteiger partial charge in [-0.05, 0) is 137 Å². The Labute approximate surface area is 425 Å². The fraction of sp³-hybridized carbons (Fsp3) is 0.206. The van der Waals surface area contributed by atoms with Crippen LogP contribution in [0.3, 0.4) is 0 Å². The van der Waals surface area contributed by atoms with Gasteiger partial charge in [-0.2, -0.15) is 0 Å². The molecule has 3 nitrogen and oxygen atoms in total. The van der Waals surface area contributed by atoms with Crippen molar-refractivity contribution in [3.63, 3.8) is 0 Å². The first-order chi connectivity index (χ1) is 35.4. The highest BCUT2D eigenvalue weighted by molar-refractivity contribution is 7.00. The fourth-order valence-electron chi connectivity index (χ4n) is 16.1. The third-order valence-corrected chi connectivity index (χ3v) is 19.0. The predicted molar refractivity (Wildman–Crippen MR) is 302 cm³/mol. The molecule has 0 aromatic heterocycles. The molecule has 9 aromatic rings. The molecule has 2 aliphatic carbocycles. The van der Waals surface area contributed by atoms with Crippen LogP contribution in [-0.2, 0) is 10.8 Å². The third kappa shape index (κ3) is 5.43. The van der Waals surface area contributed by atoms with Crippen molar-refractivity contribution in [1.82, 2.24) is 0 Å². The average molecular weight is 928 g/mol. The monoisotopic (exact) mass is 927 g/mol. The standard InChI is InChI=1S/C68H58BN3/c1-65-39-17-19-41-67(65,51-28-11-5-12-29-51)55-33-15-16-36-59(55)71(65)54-45-61-63-62(46-54)72-64-56(68(52-30-13-6-14-31-52)42-20-18-40-66(68,72)2)34-22-35-58(64)69(63)57-38-37-50(48-25-9-4-10-26-48)44-60(57)70(61)53-32-21-27-49(43-53)47-23-7-3-8-24-47/h3-16,21-38,43-46H,17-20,39-42H2,1-2H3. The Hall–Kier alpha value is -7.56. The predicted octanol–water partition coefficient (Wildman–Crippen LogP) is 15.2. The van der Waals surface area contributed by atoms with Gasteiger partial charge in [0.15, 0.2) is 0 Å². The van der Waals surface area contributed by atoms with E-state index in [1.165, 1.54) is 126 Å². The first-order valence-corrected chi connectivity index (χ1v) is 26.7. The molecule has 6 aliphatic rings. The molecule has 0 amide bonds. The topological polar surface area (TPSA) is 9.72 Å². The first-order valence-electron chi connectivity index (χ1n) is 26.7. The van der Waals surface area contributed by atoms with Crippen LogP contribution in [0.4, 0.5) is 39.8 Å². The Morgan fingerprint density at radius 2 is 0.889 bits per heavy atom. The summed E-state index contributed by atoms with van der Waals surface area (Å²) in [5.74, 6) is 0. The molecule has 0 N–H and O–H groups in total. The lowest BCUT2D eigenvalue weighted by Gasteiger charge is -2.55. The summed E-state index contributed by atoms with van der Waals surface area (Å²) in [6.45, 7) is 5.28. The molecule has 0 bridgehead atoms. The van der Waals surface area contributed by atoms with Gasteiger partial charge in [0, 0.05) is 50.6 Å². The van der Waals surface area contributed by atoms with Crippen molar-refractivity contribution in [3.05, 3.63) is 241 Å². The molecule has 2 saturated carbocycles. The third-order valence-electron chi connectivity index (χ3n) is 19.0. The van der Waals surface area contributed by atoms with Gasteiger partial charge in [-0.3, -0.25) is 0 Å². The number of hydrogen-bond donors (Lipinski definition) is 0. The van der Waals surface area contributed by atoms with Crippen LogP contribution in [0.2, 0.25) is 0 Å². The lowest BCUT2D eigenvalue weighted by atomic mass is 9.33. The molecule has 348 valence electrons. The van der Waals surface area contributed by atoms with E-state index < -0.39 is 0 Å². The highest BCUT2D eigenvalue weighted by Crippen LogP contribution is 2.67. The zero-order valence-electron chi connectivity index (χ0n) is 41.4. The summed E-state index contributed by atoms with van der Waals surface area (Å²) < 4.78 is 0. The maximum Gasteiger partial charge on any atom is 0.252 e. The van der Waals surface area contributed by atoms with E-state index in [2.05, 4.69) is 247 Å². The van der Waals surface area contributed by atoms with Crippen LogP contribution in [0.25, 0.3) is 22.3 Å². The van der Waals surface area contributed by atoms with Crippen LogP contribution in [0.15, 0.2) is 218 Å². The second-order valence-corrected chi connectivity index (χ2v) is 22.2. The number of fused-ring (bicyclic) bond motifs is 10. The molecule has 4 unspecified atom stereocenters. The first kappa shape index (κ1) is 42.2. The summed E-state index contributed by atoms with van der Waals surface area (Å²) in [4.78, 5) is 8.45. The van der Waals surface area contributed by atoms with E-state index in [1.807, 2.05) is 0 Å². The molecule has 4 heteroatoms. The minimum absolute atomic E-state index is 0.0275. The number of para-hydroxylation sites is 2. The fourth-order valence-corrected chi connectivity index (χ4v) is 16.1. The number of nitrogens with zero attached hydrogens (tertiary/aromatic N) is 3. The van der Waals surface area contributed by atoms with Gasteiger partial charge in [0.1, 0.15) is 0 Å². The van der Waals surface area contributed by atoms with Crippen molar-refractivity contribution in [3.8, 4) is 22.3 Å². The van der Waals surface area contributed by atoms with Gasteiger partial charge in [-0.15, -0.1) is 0 Å². The molecule has 0 spiro atoms. The molecule has 2 fully saturated rings. The van der Waals surface area contributed by atoms with E-state index in [0.717, 1.165) is 25.7 Å². The van der Waals surface area contributed by atoms with E-state index in [4.69, 9.17) is 0 Å². The van der Waals surface area contributed by atoms with Gasteiger partial charge >= 0.3 is 0 Å². The number of benzene rings is 9. The molecule has 4 heterocycles. The van der Waals surface area contributed by atoms with Gasteiger partial charge in [0.2, 0.25) is 0 Å². The van der Waals surface area contributed by atoms with Gasteiger partial charge in [0.25, 0.3) is 6.71 Å². The minimum atomic E-state index is -0.229. The van der Waals surface area contributed by atoms with Crippen molar-refractivity contribution in [2.75, 3.05) is 14.7 Å². The maximum atomic E-state index is 2.93. The summed E-state index contributed by atoms with van der Waals surface area (Å²) in [6.07, 6.45) is 9.29. The molecule has 4 atom stereocenters. The summed E-state index contributed by atoms with van der Waals surface area (Å²) in [7, 11) is 0. The number of hydrogen-bond acceptors (Lipinski definition) is 3. The van der Waals surface area contributed by atoms with E-state index >= 15 is 0 Å². The number of rotatable bonds is 6. The van der Waals surface area contributed by atoms with Gasteiger partial charge in [-0.25, -0.2) is 0 Å². The van der Waals surface area contributed by atoms with Crippen molar-refractivity contribution < 1.29 is 0 Å². The Morgan fingerprint density at radius 1 is 0.361 bits per heavy atom. The quantitative estimate of drug-likeness (QED) is 0.154. The lowest BCUT2D eigenvalue weighted by Crippen LogP contribution is -2.65. The zero-order valence-corrected chi connectivity index (χ0v) is 41.4. The van der Waals surface area contributed by atoms with Crippen LogP contribution in [0.5, 0.6) is 0 Å². The normalized spacial score (nSPS) is 23.9. The van der Waals surface area contributed by atoms with Crippen molar-refractivity contribution in [1.29, 1.82) is 0 Å². The van der Waals surface area contributed by atoms with E-state index in [9.17, 15) is 0 Å². The maximum absolute atomic E-state index is 2.93. The Kier molecular flexibility index (Phi) is 9.06. The summed E-state index contributed by atoms with van der Waals surface area (Å²) in [5, 5.41) is 0. The van der Waals surface area contributed by atoms with Crippen molar-refractivity contribution in [2.24, 2.45) is 0 Å². The van der Waals surface area contributed by atoms with Crippen LogP contribution in [-0.4, -0.2) is 17.8 Å². The Morgan fingerprint density at radius 3 is 1.57 bits per heavy atom. The SMILES string of the molecule is CC12CCCCC1(c1ccccc1)c1ccccc1N2c1cc2c3c(c1)N1c4c(cccc4C4(c5ccccc5)CCCCC14C)B3c1ccc(-c3ccccc3)cc1N2c1cccc(-c2ccccc2)c1. The molecule has 0 radical (unpaired) electrons. The molecule has 9 aromatic carbocycles. The molecule has 0 saturated heterocycles. The summed E-state index contributed by atoms with van der Waals surface area (Å²) in [6, 6.07) is 84.1. The second kappa shape index (κ2) is 15.5. The van der Waals surface area contributed by atoms with E-state index in [-0.39, 0.29) is 28.6 Å². The van der Waals surface area contributed by atoms with Crippen LogP contribution in [0.1, 0.15) is 87.5 Å². The molecule has 4 aliphatic heterocycles. The highest BCUT2D eigenvalue weighted by atomic mass is 15.3. The molecular weight excluding hydrogens is 870 g/mol. The van der Waals surface area contributed by atoms with E-state index in [0.29, 0.717) is 0 Å². The van der Waals surface area contributed by atoms with Crippen LogP contribution >= 0.6 is 0 Å². The summed E-state index contributed by atoms with van der Waals surface area (Å²) >= 11 is 0. The Bertz CT molecular complexity index is 3610. The van der Waals surface area contributed by atoms with Crippen LogP contribution in [0, 0.1) is 0 Å². The smallest absolute Gasteiger partial charge is 0.252 e. The Balaban J connectivity index is 1.07. The molecule has 15 rings (SSSR count). The van der Waals surface area contributed by atoms with Gasteiger partial charge in [-0.1, -0.05) is 208 Å². The second-order valence-electron chi connectivity index (χ2n) is 22.2. The van der Waals surface area contributed by atoms with Crippen molar-refractivity contribution in [2.45, 2.75) is 87.1 Å². The van der Waals surface area contributed by atoms with Crippen LogP contribution < -0.4 is 31.1 Å². The van der Waals surface area contributed by atoms with Gasteiger partial charge in [0.05, 0.1) is 11.1 Å².